The molecule has 1 aromatic carbocycles. The van der Waals surface area contributed by atoms with E-state index in [0.717, 1.165) is 16.8 Å². The second-order valence-electron chi connectivity index (χ2n) is 5.65. The van der Waals surface area contributed by atoms with Gasteiger partial charge in [0.25, 0.3) is 5.91 Å². The molecule has 2 amide bonds. The predicted molar refractivity (Wildman–Crippen MR) is 100 cm³/mol. The zero-order chi connectivity index (χ0) is 18.4. The number of fused-ring (bicyclic) bond motifs is 1. The lowest BCUT2D eigenvalue weighted by atomic mass is 10.2. The molecule has 0 aliphatic heterocycles. The van der Waals surface area contributed by atoms with Gasteiger partial charge >= 0.3 is 0 Å². The lowest BCUT2D eigenvalue weighted by molar-refractivity contribution is -0.119. The second kappa shape index (κ2) is 8.06. The number of H-pyrrole nitrogens is 1. The van der Waals surface area contributed by atoms with Gasteiger partial charge in [-0.25, -0.2) is 4.98 Å². The zero-order valence-corrected chi connectivity index (χ0v) is 14.3. The Morgan fingerprint density at radius 2 is 2.00 bits per heavy atom. The molecule has 2 aromatic heterocycles. The molecule has 0 aliphatic carbocycles. The van der Waals surface area contributed by atoms with E-state index >= 15 is 0 Å². The molecule has 3 rings (SSSR count). The summed E-state index contributed by atoms with van der Waals surface area (Å²) in [5.41, 5.74) is 2.09. The summed E-state index contributed by atoms with van der Waals surface area (Å²) in [6.45, 7) is 2.20. The number of nitrogens with zero attached hydrogens (tertiary/aromatic N) is 3. The van der Waals surface area contributed by atoms with Gasteiger partial charge in [-0.1, -0.05) is 18.2 Å². The minimum Gasteiger partial charge on any atom is -0.355 e. The Kier molecular flexibility index (Phi) is 5.38. The molecule has 0 saturated heterocycles. The van der Waals surface area contributed by atoms with Gasteiger partial charge in [-0.3, -0.25) is 14.7 Å². The zero-order valence-electron chi connectivity index (χ0n) is 14.3. The first-order chi connectivity index (χ1) is 12.6. The van der Waals surface area contributed by atoms with Crippen molar-refractivity contribution in [3.05, 3.63) is 60.4 Å². The molecule has 0 spiro atoms. The fourth-order valence-corrected chi connectivity index (χ4v) is 2.56. The average molecular weight is 349 g/mol. The van der Waals surface area contributed by atoms with Crippen LogP contribution < -0.4 is 10.2 Å². The number of para-hydroxylation sites is 1. The summed E-state index contributed by atoms with van der Waals surface area (Å²) in [7, 11) is 0. The summed E-state index contributed by atoms with van der Waals surface area (Å²) >= 11 is 0. The van der Waals surface area contributed by atoms with Crippen molar-refractivity contribution in [2.75, 3.05) is 18.0 Å². The van der Waals surface area contributed by atoms with Crippen LogP contribution >= 0.6 is 0 Å². The fourth-order valence-electron chi connectivity index (χ4n) is 2.56. The number of aromatic nitrogens is 3. The van der Waals surface area contributed by atoms with Crippen molar-refractivity contribution in [3.63, 3.8) is 0 Å². The highest BCUT2D eigenvalue weighted by molar-refractivity contribution is 6.04. The molecule has 0 fully saturated rings. The maximum Gasteiger partial charge on any atom is 0.251 e. The van der Waals surface area contributed by atoms with Crippen molar-refractivity contribution in [2.45, 2.75) is 6.92 Å². The SMILES string of the molecule is CC(=O)NCCN(C(=O)/C=C/c1[nH]nc2ncccc12)c1ccccc1. The van der Waals surface area contributed by atoms with E-state index in [0.29, 0.717) is 18.7 Å². The van der Waals surface area contributed by atoms with Crippen molar-refractivity contribution in [1.29, 1.82) is 0 Å². The number of carbonyl (C=O) groups is 2. The molecule has 0 bridgehead atoms. The number of pyridine rings is 1. The van der Waals surface area contributed by atoms with E-state index < -0.39 is 0 Å². The summed E-state index contributed by atoms with van der Waals surface area (Å²) in [4.78, 5) is 29.6. The van der Waals surface area contributed by atoms with Crippen LogP contribution in [0.3, 0.4) is 0 Å². The molecule has 2 heterocycles. The highest BCUT2D eigenvalue weighted by atomic mass is 16.2. The van der Waals surface area contributed by atoms with Crippen LogP contribution in [0, 0.1) is 0 Å². The molecule has 0 unspecified atom stereocenters. The van der Waals surface area contributed by atoms with Crippen LogP contribution in [0.4, 0.5) is 5.69 Å². The first-order valence-corrected chi connectivity index (χ1v) is 8.23. The summed E-state index contributed by atoms with van der Waals surface area (Å²) in [5, 5.41) is 10.5. The highest BCUT2D eigenvalue weighted by Gasteiger charge is 2.13. The van der Waals surface area contributed by atoms with E-state index in [1.165, 1.54) is 13.0 Å². The van der Waals surface area contributed by atoms with Gasteiger partial charge in [0, 0.05) is 43.4 Å². The third kappa shape index (κ3) is 4.13. The molecule has 0 radical (unpaired) electrons. The second-order valence-corrected chi connectivity index (χ2v) is 5.65. The first-order valence-electron chi connectivity index (χ1n) is 8.23. The largest absolute Gasteiger partial charge is 0.355 e. The van der Waals surface area contributed by atoms with Crippen LogP contribution in [0.5, 0.6) is 0 Å². The van der Waals surface area contributed by atoms with E-state index in [1.807, 2.05) is 42.5 Å². The summed E-state index contributed by atoms with van der Waals surface area (Å²) in [6, 6.07) is 13.0. The molecule has 0 saturated carbocycles. The van der Waals surface area contributed by atoms with Crippen LogP contribution in [0.1, 0.15) is 12.6 Å². The van der Waals surface area contributed by atoms with Crippen molar-refractivity contribution in [1.82, 2.24) is 20.5 Å². The van der Waals surface area contributed by atoms with E-state index in [4.69, 9.17) is 0 Å². The maximum absolute atomic E-state index is 12.7. The number of amides is 2. The average Bonchev–Trinajstić information content (AvgIpc) is 3.07. The van der Waals surface area contributed by atoms with Gasteiger partial charge in [-0.05, 0) is 30.3 Å². The topological polar surface area (TPSA) is 91.0 Å². The molecule has 0 atom stereocenters. The maximum atomic E-state index is 12.7. The Labute approximate surface area is 150 Å². The van der Waals surface area contributed by atoms with Gasteiger partial charge in [0.1, 0.15) is 0 Å². The normalized spacial score (nSPS) is 11.0. The van der Waals surface area contributed by atoms with E-state index in [9.17, 15) is 9.59 Å². The Balaban J connectivity index is 1.79. The quantitative estimate of drug-likeness (QED) is 0.667. The predicted octanol–water partition coefficient (Wildman–Crippen LogP) is 2.14. The van der Waals surface area contributed by atoms with Crippen LogP contribution in [0.25, 0.3) is 17.1 Å². The third-order valence-corrected chi connectivity index (χ3v) is 3.79. The van der Waals surface area contributed by atoms with Gasteiger partial charge in [-0.2, -0.15) is 5.10 Å². The van der Waals surface area contributed by atoms with Gasteiger partial charge in [-0.15, -0.1) is 0 Å². The van der Waals surface area contributed by atoms with Crippen LogP contribution in [0.2, 0.25) is 0 Å². The summed E-state index contributed by atoms with van der Waals surface area (Å²) in [6.07, 6.45) is 4.84. The van der Waals surface area contributed by atoms with Crippen molar-refractivity contribution >= 4 is 34.6 Å². The van der Waals surface area contributed by atoms with Crippen molar-refractivity contribution < 1.29 is 9.59 Å². The minimum atomic E-state index is -0.187. The molecule has 7 heteroatoms. The number of hydrogen-bond acceptors (Lipinski definition) is 4. The monoisotopic (exact) mass is 349 g/mol. The van der Waals surface area contributed by atoms with E-state index in [-0.39, 0.29) is 11.8 Å². The number of nitrogens with one attached hydrogen (secondary N) is 2. The molecular formula is C19H19N5O2. The Bertz CT molecular complexity index is 933. The molecule has 2 N–H and O–H groups in total. The number of benzene rings is 1. The molecule has 3 aromatic rings. The smallest absolute Gasteiger partial charge is 0.251 e. The first kappa shape index (κ1) is 17.3. The Hall–Kier alpha value is -3.48. The molecular weight excluding hydrogens is 330 g/mol. The lowest BCUT2D eigenvalue weighted by Gasteiger charge is -2.21. The van der Waals surface area contributed by atoms with E-state index in [2.05, 4.69) is 20.5 Å². The number of aromatic amines is 1. The van der Waals surface area contributed by atoms with Gasteiger partial charge < -0.3 is 10.2 Å². The third-order valence-electron chi connectivity index (χ3n) is 3.79. The van der Waals surface area contributed by atoms with Gasteiger partial charge in [0.15, 0.2) is 5.65 Å². The number of carbonyl (C=O) groups excluding carboxylic acids is 2. The van der Waals surface area contributed by atoms with Crippen molar-refractivity contribution in [3.8, 4) is 0 Å². The van der Waals surface area contributed by atoms with Crippen LogP contribution in [-0.4, -0.2) is 40.1 Å². The number of hydrogen-bond donors (Lipinski definition) is 2. The molecule has 26 heavy (non-hydrogen) atoms. The fraction of sp³-hybridized carbons (Fsp3) is 0.158. The van der Waals surface area contributed by atoms with Crippen LogP contribution in [-0.2, 0) is 9.59 Å². The molecule has 0 aliphatic rings. The Morgan fingerprint density at radius 1 is 1.19 bits per heavy atom. The minimum absolute atomic E-state index is 0.127. The summed E-state index contributed by atoms with van der Waals surface area (Å²) < 4.78 is 0. The highest BCUT2D eigenvalue weighted by Crippen LogP contribution is 2.16. The van der Waals surface area contributed by atoms with Crippen LogP contribution in [0.15, 0.2) is 54.7 Å². The lowest BCUT2D eigenvalue weighted by Crippen LogP contribution is -2.37. The standard InChI is InChI=1S/C19H19N5O2/c1-14(25)20-12-13-24(15-6-3-2-4-7-15)18(26)10-9-17-16-8-5-11-21-19(16)23-22-17/h2-11H,12-13H2,1H3,(H,20,25)(H,21,22,23)/b10-9+. The molecule has 7 nitrogen and oxygen atoms in total. The van der Waals surface area contributed by atoms with Crippen molar-refractivity contribution in [2.24, 2.45) is 0 Å². The Morgan fingerprint density at radius 3 is 2.77 bits per heavy atom. The van der Waals surface area contributed by atoms with Gasteiger partial charge in [0.05, 0.1) is 5.69 Å². The molecule has 132 valence electrons. The van der Waals surface area contributed by atoms with E-state index in [1.54, 1.807) is 17.2 Å². The summed E-state index contributed by atoms with van der Waals surface area (Å²) in [5.74, 6) is -0.314. The number of anilines is 1. The van der Waals surface area contributed by atoms with Gasteiger partial charge in [0.2, 0.25) is 5.91 Å². The number of rotatable bonds is 6.